The van der Waals surface area contributed by atoms with Gasteiger partial charge in [0.05, 0.1) is 10.6 Å². The quantitative estimate of drug-likeness (QED) is 0.884. The van der Waals surface area contributed by atoms with Gasteiger partial charge in [0, 0.05) is 18.0 Å². The fourth-order valence-electron chi connectivity index (χ4n) is 2.95. The zero-order valence-electron chi connectivity index (χ0n) is 13.0. The van der Waals surface area contributed by atoms with E-state index in [1.807, 2.05) is 23.5 Å². The Morgan fingerprint density at radius 3 is 2.70 bits per heavy atom. The van der Waals surface area contributed by atoms with Crippen molar-refractivity contribution in [3.05, 3.63) is 57.2 Å². The average molecular weight is 349 g/mol. The Morgan fingerprint density at radius 1 is 1.22 bits per heavy atom. The first kappa shape index (κ1) is 16.5. The molecule has 3 rings (SSSR count). The van der Waals surface area contributed by atoms with Crippen LogP contribution in [0.15, 0.2) is 41.8 Å². The molecule has 1 amide bonds. The zero-order valence-corrected chi connectivity index (χ0v) is 14.6. The van der Waals surface area contributed by atoms with Crippen LogP contribution in [0, 0.1) is 5.92 Å². The summed E-state index contributed by atoms with van der Waals surface area (Å²) in [5.74, 6) is 0.484. The van der Waals surface area contributed by atoms with Crippen LogP contribution in [0.25, 0.3) is 0 Å². The van der Waals surface area contributed by atoms with Crippen LogP contribution in [0.2, 0.25) is 5.02 Å². The molecule has 1 aromatic heterocycles. The summed E-state index contributed by atoms with van der Waals surface area (Å²) in [6.45, 7) is 3.99. The van der Waals surface area contributed by atoms with Crippen molar-refractivity contribution >= 4 is 28.8 Å². The molecule has 2 aromatic rings. The molecule has 0 aliphatic carbocycles. The van der Waals surface area contributed by atoms with Crippen molar-refractivity contribution in [2.45, 2.75) is 19.4 Å². The summed E-state index contributed by atoms with van der Waals surface area (Å²) in [5.41, 5.74) is 0.560. The molecule has 1 aliphatic heterocycles. The standard InChI is InChI=1S/C18H21ClN2OS/c19-17-6-2-1-5-16(17)18(22)20-12-14-7-9-21(10-8-14)13-15-4-3-11-23-15/h1-6,11,14H,7-10,12-13H2,(H,20,22). The Balaban J connectivity index is 1.42. The number of halogens is 1. The van der Waals surface area contributed by atoms with Gasteiger partial charge in [0.15, 0.2) is 0 Å². The smallest absolute Gasteiger partial charge is 0.252 e. The number of piperidine rings is 1. The summed E-state index contributed by atoms with van der Waals surface area (Å²) in [4.78, 5) is 16.1. The minimum Gasteiger partial charge on any atom is -0.352 e. The van der Waals surface area contributed by atoms with E-state index in [0.717, 1.165) is 39.0 Å². The minimum atomic E-state index is -0.0726. The summed E-state index contributed by atoms with van der Waals surface area (Å²) in [6, 6.07) is 11.5. The van der Waals surface area contributed by atoms with E-state index in [1.54, 1.807) is 12.1 Å². The Bertz CT molecular complexity index is 636. The van der Waals surface area contributed by atoms with Crippen molar-refractivity contribution < 1.29 is 4.79 Å². The Morgan fingerprint density at radius 2 is 2.00 bits per heavy atom. The highest BCUT2D eigenvalue weighted by Crippen LogP contribution is 2.20. The lowest BCUT2D eigenvalue weighted by Crippen LogP contribution is -2.38. The molecule has 0 unspecified atom stereocenters. The van der Waals surface area contributed by atoms with E-state index in [1.165, 1.54) is 4.88 Å². The predicted molar refractivity (Wildman–Crippen MR) is 96.1 cm³/mol. The first-order valence-electron chi connectivity index (χ1n) is 8.00. The molecular weight excluding hydrogens is 328 g/mol. The van der Waals surface area contributed by atoms with Gasteiger partial charge >= 0.3 is 0 Å². The summed E-state index contributed by atoms with van der Waals surface area (Å²) in [7, 11) is 0. The number of carbonyl (C=O) groups excluding carboxylic acids is 1. The van der Waals surface area contributed by atoms with Gasteiger partial charge in [-0.1, -0.05) is 29.8 Å². The number of benzene rings is 1. The molecule has 122 valence electrons. The lowest BCUT2D eigenvalue weighted by Gasteiger charge is -2.31. The number of rotatable bonds is 5. The molecule has 1 aromatic carbocycles. The highest BCUT2D eigenvalue weighted by Gasteiger charge is 2.20. The van der Waals surface area contributed by atoms with Gasteiger partial charge < -0.3 is 5.32 Å². The molecule has 1 fully saturated rings. The van der Waals surface area contributed by atoms with Crippen molar-refractivity contribution in [3.8, 4) is 0 Å². The topological polar surface area (TPSA) is 32.3 Å². The second-order valence-corrected chi connectivity index (χ2v) is 7.43. The molecule has 5 heteroatoms. The normalized spacial score (nSPS) is 16.4. The predicted octanol–water partition coefficient (Wildman–Crippen LogP) is 4.04. The number of likely N-dealkylation sites (tertiary alicyclic amines) is 1. The molecule has 0 radical (unpaired) electrons. The zero-order chi connectivity index (χ0) is 16.1. The SMILES string of the molecule is O=C(NCC1CCN(Cc2cccs2)CC1)c1ccccc1Cl. The molecule has 0 saturated carbocycles. The molecule has 0 atom stereocenters. The van der Waals surface area contributed by atoms with Crippen LogP contribution in [0.4, 0.5) is 0 Å². The van der Waals surface area contributed by atoms with E-state index >= 15 is 0 Å². The molecule has 2 heterocycles. The number of thiophene rings is 1. The van der Waals surface area contributed by atoms with Crippen LogP contribution in [-0.4, -0.2) is 30.4 Å². The van der Waals surface area contributed by atoms with Crippen LogP contribution in [-0.2, 0) is 6.54 Å². The van der Waals surface area contributed by atoms with Gasteiger partial charge in [-0.25, -0.2) is 0 Å². The van der Waals surface area contributed by atoms with Crippen LogP contribution >= 0.6 is 22.9 Å². The summed E-state index contributed by atoms with van der Waals surface area (Å²) in [5, 5.41) is 5.67. The lowest BCUT2D eigenvalue weighted by atomic mass is 9.96. The molecule has 23 heavy (non-hydrogen) atoms. The highest BCUT2D eigenvalue weighted by molar-refractivity contribution is 7.09. The van der Waals surface area contributed by atoms with Gasteiger partial charge in [0.2, 0.25) is 0 Å². The monoisotopic (exact) mass is 348 g/mol. The van der Waals surface area contributed by atoms with E-state index in [4.69, 9.17) is 11.6 Å². The highest BCUT2D eigenvalue weighted by atomic mass is 35.5. The third-order valence-electron chi connectivity index (χ3n) is 4.34. The van der Waals surface area contributed by atoms with Crippen molar-refractivity contribution in [2.24, 2.45) is 5.92 Å². The first-order chi connectivity index (χ1) is 11.2. The van der Waals surface area contributed by atoms with Gasteiger partial charge in [0.1, 0.15) is 0 Å². The first-order valence-corrected chi connectivity index (χ1v) is 9.25. The molecule has 3 nitrogen and oxygen atoms in total. The maximum Gasteiger partial charge on any atom is 0.252 e. The third kappa shape index (κ3) is 4.56. The van der Waals surface area contributed by atoms with Crippen LogP contribution < -0.4 is 5.32 Å². The largest absolute Gasteiger partial charge is 0.352 e. The maximum atomic E-state index is 12.2. The summed E-state index contributed by atoms with van der Waals surface area (Å²) >= 11 is 7.88. The number of nitrogens with zero attached hydrogens (tertiary/aromatic N) is 1. The van der Waals surface area contributed by atoms with E-state index < -0.39 is 0 Å². The molecule has 1 N–H and O–H groups in total. The lowest BCUT2D eigenvalue weighted by molar-refractivity contribution is 0.0935. The molecular formula is C18H21ClN2OS. The number of amides is 1. The third-order valence-corrected chi connectivity index (χ3v) is 5.53. The number of hydrogen-bond acceptors (Lipinski definition) is 3. The molecule has 1 saturated heterocycles. The van der Waals surface area contributed by atoms with E-state index in [0.29, 0.717) is 16.5 Å². The van der Waals surface area contributed by atoms with E-state index in [9.17, 15) is 4.79 Å². The second-order valence-electron chi connectivity index (χ2n) is 5.99. The number of hydrogen-bond donors (Lipinski definition) is 1. The van der Waals surface area contributed by atoms with Crippen LogP contribution in [0.5, 0.6) is 0 Å². The minimum absolute atomic E-state index is 0.0726. The number of nitrogens with one attached hydrogen (secondary N) is 1. The van der Waals surface area contributed by atoms with Crippen molar-refractivity contribution in [2.75, 3.05) is 19.6 Å². The maximum absolute atomic E-state index is 12.2. The van der Waals surface area contributed by atoms with Crippen molar-refractivity contribution in [1.29, 1.82) is 0 Å². The second kappa shape index (κ2) is 7.95. The van der Waals surface area contributed by atoms with Gasteiger partial charge in [-0.3, -0.25) is 9.69 Å². The Kier molecular flexibility index (Phi) is 5.70. The Hall–Kier alpha value is -1.36. The van der Waals surface area contributed by atoms with Crippen LogP contribution in [0.3, 0.4) is 0 Å². The van der Waals surface area contributed by atoms with Crippen molar-refractivity contribution in [3.63, 3.8) is 0 Å². The van der Waals surface area contributed by atoms with Gasteiger partial charge in [-0.05, 0) is 55.4 Å². The van der Waals surface area contributed by atoms with Gasteiger partial charge in [0.25, 0.3) is 5.91 Å². The Labute approximate surface area is 146 Å². The molecule has 1 aliphatic rings. The fraction of sp³-hybridized carbons (Fsp3) is 0.389. The van der Waals surface area contributed by atoms with E-state index in [-0.39, 0.29) is 5.91 Å². The fourth-order valence-corrected chi connectivity index (χ4v) is 3.92. The van der Waals surface area contributed by atoms with E-state index in [2.05, 4.69) is 27.7 Å². The molecule has 0 spiro atoms. The number of carbonyl (C=O) groups is 1. The van der Waals surface area contributed by atoms with Crippen LogP contribution in [0.1, 0.15) is 28.1 Å². The van der Waals surface area contributed by atoms with Crippen molar-refractivity contribution in [1.82, 2.24) is 10.2 Å². The molecule has 0 bridgehead atoms. The van der Waals surface area contributed by atoms with Gasteiger partial charge in [-0.15, -0.1) is 11.3 Å². The average Bonchev–Trinajstić information content (AvgIpc) is 3.07. The van der Waals surface area contributed by atoms with Gasteiger partial charge in [-0.2, -0.15) is 0 Å². The summed E-state index contributed by atoms with van der Waals surface area (Å²) in [6.07, 6.45) is 2.27. The summed E-state index contributed by atoms with van der Waals surface area (Å²) < 4.78 is 0.